The Kier molecular flexibility index (Phi) is 6.57. The van der Waals surface area contributed by atoms with E-state index in [1.165, 1.54) is 5.56 Å². The van der Waals surface area contributed by atoms with Gasteiger partial charge >= 0.3 is 0 Å². The number of nitrogens with two attached hydrogens (primary N) is 1. The number of amides is 1. The second-order valence-electron chi connectivity index (χ2n) is 5.46. The van der Waals surface area contributed by atoms with Crippen LogP contribution in [0.1, 0.15) is 38.7 Å². The zero-order valence-electron chi connectivity index (χ0n) is 12.4. The summed E-state index contributed by atoms with van der Waals surface area (Å²) in [7, 11) is 0. The lowest BCUT2D eigenvalue weighted by Gasteiger charge is -2.23. The normalized spacial score (nSPS) is 10.8. The molecule has 1 rings (SSSR count). The van der Waals surface area contributed by atoms with Crippen molar-refractivity contribution in [2.75, 3.05) is 18.0 Å². The van der Waals surface area contributed by atoms with Crippen LogP contribution in [0.25, 0.3) is 0 Å². The summed E-state index contributed by atoms with van der Waals surface area (Å²) >= 11 is 0. The molecule has 0 aliphatic carbocycles. The average molecular weight is 262 g/mol. The average Bonchev–Trinajstić information content (AvgIpc) is 2.37. The summed E-state index contributed by atoms with van der Waals surface area (Å²) < 4.78 is 0. The maximum absolute atomic E-state index is 12.4. The molecule has 0 atom stereocenters. The number of benzene rings is 1. The van der Waals surface area contributed by atoms with Crippen molar-refractivity contribution in [3.05, 3.63) is 29.8 Å². The fraction of sp³-hybridized carbons (Fsp3) is 0.562. The van der Waals surface area contributed by atoms with E-state index in [2.05, 4.69) is 19.9 Å². The van der Waals surface area contributed by atoms with Crippen LogP contribution in [0.4, 0.5) is 5.69 Å². The van der Waals surface area contributed by atoms with E-state index in [1.54, 1.807) is 0 Å². The fourth-order valence-electron chi connectivity index (χ4n) is 1.99. The van der Waals surface area contributed by atoms with Crippen molar-refractivity contribution in [2.24, 2.45) is 11.7 Å². The summed E-state index contributed by atoms with van der Waals surface area (Å²) in [5.74, 6) is 0.755. The summed E-state index contributed by atoms with van der Waals surface area (Å²) in [5, 5.41) is 0. The van der Waals surface area contributed by atoms with Gasteiger partial charge in [-0.25, -0.2) is 0 Å². The third-order valence-corrected chi connectivity index (χ3v) is 3.14. The van der Waals surface area contributed by atoms with Gasteiger partial charge in [-0.05, 0) is 49.9 Å². The number of carbonyl (C=O) groups excluding carboxylic acids is 1. The molecular weight excluding hydrogens is 236 g/mol. The van der Waals surface area contributed by atoms with E-state index >= 15 is 0 Å². The lowest BCUT2D eigenvalue weighted by atomic mass is 10.1. The molecule has 1 amide bonds. The maximum atomic E-state index is 12.4. The van der Waals surface area contributed by atoms with Crippen molar-refractivity contribution in [1.82, 2.24) is 0 Å². The number of hydrogen-bond donors (Lipinski definition) is 1. The van der Waals surface area contributed by atoms with Gasteiger partial charge in [0.05, 0.1) is 0 Å². The Morgan fingerprint density at radius 1 is 1.37 bits per heavy atom. The van der Waals surface area contributed by atoms with E-state index in [0.29, 0.717) is 25.4 Å². The van der Waals surface area contributed by atoms with Crippen molar-refractivity contribution in [3.8, 4) is 0 Å². The van der Waals surface area contributed by atoms with Gasteiger partial charge < -0.3 is 10.6 Å². The standard InChI is InChI=1S/C16H26N2O/c1-13(2)8-9-16(19)18(11-5-10-17)15-7-4-6-14(3)12-15/h4,6-7,12-13H,5,8-11,17H2,1-3H3. The summed E-state index contributed by atoms with van der Waals surface area (Å²) in [6.07, 6.45) is 2.38. The number of anilines is 1. The molecule has 0 bridgehead atoms. The minimum Gasteiger partial charge on any atom is -0.330 e. The quantitative estimate of drug-likeness (QED) is 0.820. The molecule has 3 nitrogen and oxygen atoms in total. The molecule has 0 aliphatic heterocycles. The zero-order chi connectivity index (χ0) is 14.3. The molecule has 3 heteroatoms. The summed E-state index contributed by atoms with van der Waals surface area (Å²) in [4.78, 5) is 14.2. The third kappa shape index (κ3) is 5.43. The van der Waals surface area contributed by atoms with Crippen molar-refractivity contribution < 1.29 is 4.79 Å². The largest absolute Gasteiger partial charge is 0.330 e. The first-order valence-electron chi connectivity index (χ1n) is 7.11. The van der Waals surface area contributed by atoms with E-state index < -0.39 is 0 Å². The van der Waals surface area contributed by atoms with Crippen LogP contribution in [-0.4, -0.2) is 19.0 Å². The minimum atomic E-state index is 0.202. The number of hydrogen-bond acceptors (Lipinski definition) is 2. The molecule has 106 valence electrons. The predicted octanol–water partition coefficient (Wildman–Crippen LogP) is 3.11. The molecular formula is C16H26N2O. The Labute approximate surface area is 116 Å². The lowest BCUT2D eigenvalue weighted by molar-refractivity contribution is -0.118. The molecule has 0 aromatic heterocycles. The van der Waals surface area contributed by atoms with Gasteiger partial charge in [-0.1, -0.05) is 26.0 Å². The highest BCUT2D eigenvalue weighted by Gasteiger charge is 2.15. The molecule has 0 heterocycles. The lowest BCUT2D eigenvalue weighted by Crippen LogP contribution is -2.33. The fourth-order valence-corrected chi connectivity index (χ4v) is 1.99. The van der Waals surface area contributed by atoms with E-state index in [9.17, 15) is 4.79 Å². The molecule has 19 heavy (non-hydrogen) atoms. The molecule has 0 spiro atoms. The Bertz CT molecular complexity index is 401. The molecule has 0 unspecified atom stereocenters. The smallest absolute Gasteiger partial charge is 0.226 e. The molecule has 1 aromatic carbocycles. The second-order valence-corrected chi connectivity index (χ2v) is 5.46. The first kappa shape index (κ1) is 15.7. The SMILES string of the molecule is Cc1cccc(N(CCCN)C(=O)CCC(C)C)c1. The van der Waals surface area contributed by atoms with E-state index in [1.807, 2.05) is 30.0 Å². The monoisotopic (exact) mass is 262 g/mol. The summed E-state index contributed by atoms with van der Waals surface area (Å²) in [6.45, 7) is 7.65. The maximum Gasteiger partial charge on any atom is 0.226 e. The zero-order valence-corrected chi connectivity index (χ0v) is 12.4. The van der Waals surface area contributed by atoms with Gasteiger partial charge in [0.1, 0.15) is 0 Å². The van der Waals surface area contributed by atoms with Crippen LogP contribution in [0, 0.1) is 12.8 Å². The van der Waals surface area contributed by atoms with Crippen molar-refractivity contribution >= 4 is 11.6 Å². The predicted molar refractivity (Wildman–Crippen MR) is 81.3 cm³/mol. The molecule has 0 saturated heterocycles. The van der Waals surface area contributed by atoms with Crippen LogP contribution in [0.5, 0.6) is 0 Å². The first-order chi connectivity index (χ1) is 9.04. The Morgan fingerprint density at radius 2 is 2.11 bits per heavy atom. The summed E-state index contributed by atoms with van der Waals surface area (Å²) in [6, 6.07) is 8.10. The summed E-state index contributed by atoms with van der Waals surface area (Å²) in [5.41, 5.74) is 7.73. The Morgan fingerprint density at radius 3 is 2.68 bits per heavy atom. The van der Waals surface area contributed by atoms with Gasteiger partial charge in [0.15, 0.2) is 0 Å². The Hall–Kier alpha value is -1.35. The van der Waals surface area contributed by atoms with Crippen molar-refractivity contribution in [1.29, 1.82) is 0 Å². The van der Waals surface area contributed by atoms with Crippen LogP contribution >= 0.6 is 0 Å². The minimum absolute atomic E-state index is 0.202. The van der Waals surface area contributed by atoms with Crippen LogP contribution in [0.2, 0.25) is 0 Å². The Balaban J connectivity index is 2.78. The van der Waals surface area contributed by atoms with Gasteiger partial charge in [0.25, 0.3) is 0 Å². The van der Waals surface area contributed by atoms with Crippen LogP contribution < -0.4 is 10.6 Å². The highest BCUT2D eigenvalue weighted by molar-refractivity contribution is 5.93. The van der Waals surface area contributed by atoms with Crippen molar-refractivity contribution in [3.63, 3.8) is 0 Å². The molecule has 0 fully saturated rings. The van der Waals surface area contributed by atoms with E-state index in [-0.39, 0.29) is 5.91 Å². The molecule has 0 radical (unpaired) electrons. The van der Waals surface area contributed by atoms with Gasteiger partial charge in [0, 0.05) is 18.7 Å². The van der Waals surface area contributed by atoms with Gasteiger partial charge in [0.2, 0.25) is 5.91 Å². The number of nitrogens with zero attached hydrogens (tertiary/aromatic N) is 1. The molecule has 1 aromatic rings. The van der Waals surface area contributed by atoms with Gasteiger partial charge in [-0.15, -0.1) is 0 Å². The number of carbonyl (C=O) groups is 1. The van der Waals surface area contributed by atoms with E-state index in [4.69, 9.17) is 5.73 Å². The topological polar surface area (TPSA) is 46.3 Å². The third-order valence-electron chi connectivity index (χ3n) is 3.14. The highest BCUT2D eigenvalue weighted by Crippen LogP contribution is 2.18. The molecule has 2 N–H and O–H groups in total. The molecule has 0 aliphatic rings. The van der Waals surface area contributed by atoms with Crippen LogP contribution in [0.3, 0.4) is 0 Å². The van der Waals surface area contributed by atoms with Crippen LogP contribution in [-0.2, 0) is 4.79 Å². The van der Waals surface area contributed by atoms with Crippen LogP contribution in [0.15, 0.2) is 24.3 Å². The second kappa shape index (κ2) is 7.95. The van der Waals surface area contributed by atoms with Crippen molar-refractivity contribution in [2.45, 2.75) is 40.0 Å². The van der Waals surface area contributed by atoms with E-state index in [0.717, 1.165) is 18.5 Å². The van der Waals surface area contributed by atoms with Gasteiger partial charge in [-0.2, -0.15) is 0 Å². The molecule has 0 saturated carbocycles. The highest BCUT2D eigenvalue weighted by atomic mass is 16.2. The number of aryl methyl sites for hydroxylation is 1. The van der Waals surface area contributed by atoms with Gasteiger partial charge in [-0.3, -0.25) is 4.79 Å². The first-order valence-corrected chi connectivity index (χ1v) is 7.11. The number of rotatable bonds is 7.